The smallest absolute Gasteiger partial charge is 0.328 e. The Morgan fingerprint density at radius 3 is 2.68 bits per heavy atom. The summed E-state index contributed by atoms with van der Waals surface area (Å²) in [6.07, 6.45) is -0.238. The highest BCUT2D eigenvalue weighted by Crippen LogP contribution is 2.25. The van der Waals surface area contributed by atoms with Gasteiger partial charge in [0.15, 0.2) is 11.6 Å². The van der Waals surface area contributed by atoms with Crippen molar-refractivity contribution in [2.75, 3.05) is 27.4 Å². The minimum absolute atomic E-state index is 0.0946. The molecular formula is C15H18FNO5. The van der Waals surface area contributed by atoms with Crippen LogP contribution in [0.25, 0.3) is 0 Å². The van der Waals surface area contributed by atoms with Crippen LogP contribution >= 0.6 is 0 Å². The predicted molar refractivity (Wildman–Crippen MR) is 74.8 cm³/mol. The lowest BCUT2D eigenvalue weighted by Crippen LogP contribution is -2.42. The molecule has 0 radical (unpaired) electrons. The van der Waals surface area contributed by atoms with E-state index in [2.05, 4.69) is 0 Å². The second-order valence-electron chi connectivity index (χ2n) is 4.92. The molecule has 6 nitrogen and oxygen atoms in total. The lowest BCUT2D eigenvalue weighted by molar-refractivity contribution is -0.152. The molecule has 1 amide bonds. The van der Waals surface area contributed by atoms with Crippen molar-refractivity contribution in [1.82, 2.24) is 4.90 Å². The van der Waals surface area contributed by atoms with Gasteiger partial charge in [0.2, 0.25) is 5.91 Å². The summed E-state index contributed by atoms with van der Waals surface area (Å²) in [6, 6.07) is 5.25. The Balaban J connectivity index is 2.10. The molecular weight excluding hydrogens is 293 g/mol. The first-order chi connectivity index (χ1) is 10.6. The summed E-state index contributed by atoms with van der Waals surface area (Å²) < 4.78 is 28.7. The largest absolute Gasteiger partial charge is 0.485 e. The highest BCUT2D eigenvalue weighted by molar-refractivity contribution is 5.86. The van der Waals surface area contributed by atoms with E-state index < -0.39 is 23.9 Å². The molecule has 0 aliphatic carbocycles. The standard InChI is InChI=1S/C15H18FNO5/c1-20-9-14(18)17-8-10(7-12(17)15(19)21-2)22-13-6-4-3-5-11(13)16/h3-6,10,12H,7-9H2,1-2H3. The molecule has 0 N–H and O–H groups in total. The molecule has 1 aromatic rings. The maximum atomic E-state index is 13.6. The van der Waals surface area contributed by atoms with Gasteiger partial charge in [-0.15, -0.1) is 0 Å². The Morgan fingerprint density at radius 1 is 1.32 bits per heavy atom. The van der Waals surface area contributed by atoms with E-state index in [-0.39, 0.29) is 31.2 Å². The normalized spacial score (nSPS) is 20.8. The van der Waals surface area contributed by atoms with E-state index in [1.54, 1.807) is 12.1 Å². The first-order valence-corrected chi connectivity index (χ1v) is 6.84. The third kappa shape index (κ3) is 3.54. The lowest BCUT2D eigenvalue weighted by Gasteiger charge is -2.21. The van der Waals surface area contributed by atoms with Crippen molar-refractivity contribution in [3.05, 3.63) is 30.1 Å². The molecule has 120 valence electrons. The Kier molecular flexibility index (Phi) is 5.32. The number of halogens is 1. The zero-order chi connectivity index (χ0) is 16.1. The highest BCUT2D eigenvalue weighted by atomic mass is 19.1. The van der Waals surface area contributed by atoms with E-state index in [0.717, 1.165) is 0 Å². The summed E-state index contributed by atoms with van der Waals surface area (Å²) in [5.74, 6) is -1.25. The highest BCUT2D eigenvalue weighted by Gasteiger charge is 2.41. The fraction of sp³-hybridized carbons (Fsp3) is 0.467. The van der Waals surface area contributed by atoms with Gasteiger partial charge in [-0.1, -0.05) is 12.1 Å². The first-order valence-electron chi connectivity index (χ1n) is 6.84. The zero-order valence-electron chi connectivity index (χ0n) is 12.5. The molecule has 22 heavy (non-hydrogen) atoms. The van der Waals surface area contributed by atoms with E-state index in [1.807, 2.05) is 0 Å². The average Bonchev–Trinajstić information content (AvgIpc) is 2.93. The van der Waals surface area contributed by atoms with E-state index >= 15 is 0 Å². The molecule has 1 aliphatic heterocycles. The monoisotopic (exact) mass is 311 g/mol. The van der Waals surface area contributed by atoms with Crippen molar-refractivity contribution in [1.29, 1.82) is 0 Å². The van der Waals surface area contributed by atoms with Gasteiger partial charge in [0, 0.05) is 13.5 Å². The van der Waals surface area contributed by atoms with E-state index in [9.17, 15) is 14.0 Å². The number of carbonyl (C=O) groups is 2. The van der Waals surface area contributed by atoms with Gasteiger partial charge in [0.1, 0.15) is 18.8 Å². The molecule has 1 heterocycles. The number of para-hydroxylation sites is 1. The molecule has 1 aromatic carbocycles. The number of carbonyl (C=O) groups excluding carboxylic acids is 2. The van der Waals surface area contributed by atoms with Crippen LogP contribution in [0.5, 0.6) is 5.75 Å². The molecule has 2 unspecified atom stereocenters. The van der Waals surface area contributed by atoms with Crippen LogP contribution < -0.4 is 4.74 Å². The van der Waals surface area contributed by atoms with Crippen LogP contribution in [0.1, 0.15) is 6.42 Å². The first kappa shape index (κ1) is 16.2. The van der Waals surface area contributed by atoms with Crippen LogP contribution in [-0.4, -0.2) is 56.3 Å². The zero-order valence-corrected chi connectivity index (χ0v) is 12.5. The van der Waals surface area contributed by atoms with Gasteiger partial charge >= 0.3 is 5.97 Å². The fourth-order valence-corrected chi connectivity index (χ4v) is 2.44. The summed E-state index contributed by atoms with van der Waals surface area (Å²) in [4.78, 5) is 25.2. The van der Waals surface area contributed by atoms with Crippen LogP contribution in [0.3, 0.4) is 0 Å². The van der Waals surface area contributed by atoms with Crippen molar-refractivity contribution in [3.63, 3.8) is 0 Å². The maximum absolute atomic E-state index is 13.6. The van der Waals surface area contributed by atoms with Crippen LogP contribution in [-0.2, 0) is 19.1 Å². The van der Waals surface area contributed by atoms with Gasteiger partial charge in [-0.05, 0) is 12.1 Å². The average molecular weight is 311 g/mol. The van der Waals surface area contributed by atoms with Crippen molar-refractivity contribution >= 4 is 11.9 Å². The Labute approximate surface area is 127 Å². The number of hydrogen-bond donors (Lipinski definition) is 0. The van der Waals surface area contributed by atoms with Gasteiger partial charge in [-0.2, -0.15) is 0 Å². The van der Waals surface area contributed by atoms with Crippen LogP contribution in [0.2, 0.25) is 0 Å². The Hall–Kier alpha value is -2.15. The van der Waals surface area contributed by atoms with Gasteiger partial charge in [0.05, 0.1) is 13.7 Å². The summed E-state index contributed by atoms with van der Waals surface area (Å²) in [5.41, 5.74) is 0. The fourth-order valence-electron chi connectivity index (χ4n) is 2.44. The summed E-state index contributed by atoms with van der Waals surface area (Å²) >= 11 is 0. The molecule has 1 fully saturated rings. The summed E-state index contributed by atoms with van der Waals surface area (Å²) in [6.45, 7) is 0.0379. The molecule has 2 rings (SSSR count). The minimum Gasteiger partial charge on any atom is -0.485 e. The van der Waals surface area contributed by atoms with Gasteiger partial charge < -0.3 is 19.1 Å². The van der Waals surface area contributed by atoms with Crippen molar-refractivity contribution in [3.8, 4) is 5.75 Å². The summed E-state index contributed by atoms with van der Waals surface area (Å²) in [7, 11) is 2.65. The minimum atomic E-state index is -0.746. The SMILES string of the molecule is COCC(=O)N1CC(Oc2ccccc2F)CC1C(=O)OC. The maximum Gasteiger partial charge on any atom is 0.328 e. The second-order valence-corrected chi connectivity index (χ2v) is 4.92. The third-order valence-corrected chi connectivity index (χ3v) is 3.45. The van der Waals surface area contributed by atoms with Gasteiger partial charge in [-0.25, -0.2) is 9.18 Å². The topological polar surface area (TPSA) is 65.1 Å². The number of esters is 1. The number of nitrogens with zero attached hydrogens (tertiary/aromatic N) is 1. The molecule has 1 aliphatic rings. The second kappa shape index (κ2) is 7.22. The number of ether oxygens (including phenoxy) is 3. The quantitative estimate of drug-likeness (QED) is 0.759. The lowest BCUT2D eigenvalue weighted by atomic mass is 10.2. The molecule has 1 saturated heterocycles. The Bertz CT molecular complexity index is 550. The van der Waals surface area contributed by atoms with Crippen LogP contribution in [0, 0.1) is 5.82 Å². The number of amides is 1. The number of methoxy groups -OCH3 is 2. The molecule has 7 heteroatoms. The summed E-state index contributed by atoms with van der Waals surface area (Å²) in [5, 5.41) is 0. The third-order valence-electron chi connectivity index (χ3n) is 3.45. The number of rotatable bonds is 5. The molecule has 0 spiro atoms. The van der Waals surface area contributed by atoms with Crippen LogP contribution in [0.4, 0.5) is 4.39 Å². The molecule has 0 bridgehead atoms. The van der Waals surface area contributed by atoms with Crippen molar-refractivity contribution < 1.29 is 28.2 Å². The van der Waals surface area contributed by atoms with E-state index in [4.69, 9.17) is 14.2 Å². The molecule has 2 atom stereocenters. The van der Waals surface area contributed by atoms with Gasteiger partial charge in [-0.3, -0.25) is 4.79 Å². The van der Waals surface area contributed by atoms with Crippen molar-refractivity contribution in [2.24, 2.45) is 0 Å². The predicted octanol–water partition coefficient (Wildman–Crippen LogP) is 0.993. The molecule has 0 aromatic heterocycles. The van der Waals surface area contributed by atoms with Gasteiger partial charge in [0.25, 0.3) is 0 Å². The Morgan fingerprint density at radius 2 is 2.05 bits per heavy atom. The molecule has 0 saturated carbocycles. The number of likely N-dealkylation sites (tertiary alicyclic amines) is 1. The van der Waals surface area contributed by atoms with Crippen LogP contribution in [0.15, 0.2) is 24.3 Å². The van der Waals surface area contributed by atoms with Crippen molar-refractivity contribution in [2.45, 2.75) is 18.6 Å². The van der Waals surface area contributed by atoms with E-state index in [1.165, 1.54) is 31.3 Å². The number of hydrogen-bond acceptors (Lipinski definition) is 5. The number of benzene rings is 1. The van der Waals surface area contributed by atoms with E-state index in [0.29, 0.717) is 0 Å².